The first kappa shape index (κ1) is 30.9. The quantitative estimate of drug-likeness (QED) is 0.273. The van der Waals surface area contributed by atoms with Gasteiger partial charge in [-0.15, -0.1) is 0 Å². The van der Waals surface area contributed by atoms with E-state index in [1.54, 1.807) is 0 Å². The Morgan fingerprint density at radius 3 is 2.40 bits per heavy atom. The van der Waals surface area contributed by atoms with Crippen LogP contribution in [0.2, 0.25) is 0 Å². The van der Waals surface area contributed by atoms with Crippen LogP contribution in [0.15, 0.2) is 42.5 Å². The molecule has 0 amide bonds. The fourth-order valence-corrected chi connectivity index (χ4v) is 5.59. The predicted molar refractivity (Wildman–Crippen MR) is 148 cm³/mol. The Kier molecular flexibility index (Phi) is 13.2. The number of para-hydroxylation sites is 1. The van der Waals surface area contributed by atoms with Crippen molar-refractivity contribution in [1.82, 2.24) is 0 Å². The molecule has 0 spiro atoms. The first-order valence-electron chi connectivity index (χ1n) is 15.0. The largest absolute Gasteiger partial charge is 0.491 e. The van der Waals surface area contributed by atoms with Gasteiger partial charge in [-0.3, -0.25) is 4.79 Å². The summed E-state index contributed by atoms with van der Waals surface area (Å²) in [4.78, 5) is 10.8. The molecule has 2 N–H and O–H groups in total. The van der Waals surface area contributed by atoms with Crippen LogP contribution in [0.1, 0.15) is 70.6 Å². The molecule has 7 atom stereocenters. The molecule has 0 radical (unpaired) electrons. The second-order valence-corrected chi connectivity index (χ2v) is 10.9. The molecule has 1 aromatic rings. The van der Waals surface area contributed by atoms with Crippen LogP contribution in [-0.4, -0.2) is 79.6 Å². The van der Waals surface area contributed by atoms with Gasteiger partial charge in [-0.05, 0) is 69.9 Å². The van der Waals surface area contributed by atoms with E-state index in [1.807, 2.05) is 42.5 Å². The summed E-state index contributed by atoms with van der Waals surface area (Å²) in [6, 6.07) is 9.64. The topological polar surface area (TPSA) is 113 Å². The molecule has 9 heteroatoms. The van der Waals surface area contributed by atoms with Crippen molar-refractivity contribution in [2.45, 2.75) is 108 Å². The number of rotatable bonds is 16. The number of allylic oxidation sites excluding steroid dienone is 2. The maximum Gasteiger partial charge on any atom is 0.303 e. The lowest BCUT2D eigenvalue weighted by atomic mass is 9.96. The molecule has 7 unspecified atom stereocenters. The number of carboxylic acids is 1. The fourth-order valence-electron chi connectivity index (χ4n) is 5.59. The number of aliphatic carboxylic acids is 1. The summed E-state index contributed by atoms with van der Waals surface area (Å²) in [7, 11) is 0. The molecule has 4 rings (SSSR count). The number of hydrogen-bond donors (Lipinski definition) is 2. The highest BCUT2D eigenvalue weighted by Crippen LogP contribution is 2.36. The molecule has 2 heterocycles. The van der Waals surface area contributed by atoms with Crippen LogP contribution in [0, 0.1) is 5.92 Å². The Bertz CT molecular complexity index is 867. The number of ether oxygens (including phenoxy) is 6. The van der Waals surface area contributed by atoms with Gasteiger partial charge in [-0.2, -0.15) is 0 Å². The molecule has 0 bridgehead atoms. The van der Waals surface area contributed by atoms with Crippen LogP contribution in [-0.2, 0) is 28.5 Å². The Morgan fingerprint density at radius 2 is 1.70 bits per heavy atom. The van der Waals surface area contributed by atoms with E-state index < -0.39 is 12.1 Å². The summed E-state index contributed by atoms with van der Waals surface area (Å²) >= 11 is 0. The predicted octanol–water partition coefficient (Wildman–Crippen LogP) is 4.86. The van der Waals surface area contributed by atoms with Gasteiger partial charge in [0.1, 0.15) is 18.5 Å². The van der Waals surface area contributed by atoms with Gasteiger partial charge in [0, 0.05) is 32.0 Å². The Labute approximate surface area is 237 Å². The minimum atomic E-state index is -0.805. The summed E-state index contributed by atoms with van der Waals surface area (Å²) in [6.07, 6.45) is 10.2. The standard InChI is InChI=1S/C31H46O9/c32-26-20-27(40-30-17-9-11-19-36-30)31(25(26)14-6-1-2-7-15-28(33)34)38-22-24(39-29-16-8-10-18-35-29)21-37-23-12-4-3-5-13-23/h1-5,12-13,24-27,29-32H,6-11,14-22H2,(H,33,34). The van der Waals surface area contributed by atoms with Crippen molar-refractivity contribution in [3.8, 4) is 5.75 Å². The average Bonchev–Trinajstić information content (AvgIpc) is 3.26. The fraction of sp³-hybridized carbons (Fsp3) is 0.710. The van der Waals surface area contributed by atoms with Crippen molar-refractivity contribution < 1.29 is 43.4 Å². The van der Waals surface area contributed by atoms with Crippen LogP contribution in [0.25, 0.3) is 0 Å². The number of aliphatic hydroxyl groups is 1. The van der Waals surface area contributed by atoms with Gasteiger partial charge in [0.25, 0.3) is 0 Å². The molecule has 1 saturated carbocycles. The van der Waals surface area contributed by atoms with Crippen molar-refractivity contribution >= 4 is 5.97 Å². The Morgan fingerprint density at radius 1 is 0.975 bits per heavy atom. The molecular weight excluding hydrogens is 516 g/mol. The van der Waals surface area contributed by atoms with Crippen LogP contribution in [0.3, 0.4) is 0 Å². The van der Waals surface area contributed by atoms with Crippen molar-refractivity contribution in [1.29, 1.82) is 0 Å². The lowest BCUT2D eigenvalue weighted by Gasteiger charge is -2.32. The molecule has 40 heavy (non-hydrogen) atoms. The first-order valence-corrected chi connectivity index (χ1v) is 15.0. The van der Waals surface area contributed by atoms with Gasteiger partial charge in [-0.25, -0.2) is 0 Å². The third kappa shape index (κ3) is 10.4. The van der Waals surface area contributed by atoms with Gasteiger partial charge in [-0.1, -0.05) is 30.4 Å². The summed E-state index contributed by atoms with van der Waals surface area (Å²) in [5, 5.41) is 19.9. The normalized spacial score (nSPS) is 29.9. The Balaban J connectivity index is 1.39. The van der Waals surface area contributed by atoms with Gasteiger partial charge >= 0.3 is 5.97 Å². The maximum absolute atomic E-state index is 11.0. The molecule has 1 aromatic carbocycles. The van der Waals surface area contributed by atoms with Crippen LogP contribution >= 0.6 is 0 Å². The maximum atomic E-state index is 11.0. The molecule has 9 nitrogen and oxygen atoms in total. The zero-order valence-corrected chi connectivity index (χ0v) is 23.4. The van der Waals surface area contributed by atoms with Crippen LogP contribution in [0.5, 0.6) is 5.75 Å². The summed E-state index contributed by atoms with van der Waals surface area (Å²) in [6.45, 7) is 1.96. The zero-order valence-electron chi connectivity index (χ0n) is 23.4. The monoisotopic (exact) mass is 562 g/mol. The number of carbonyl (C=O) groups is 1. The number of hydrogen-bond acceptors (Lipinski definition) is 8. The van der Waals surface area contributed by atoms with Gasteiger partial charge in [0.15, 0.2) is 12.6 Å². The van der Waals surface area contributed by atoms with Crippen LogP contribution in [0.4, 0.5) is 0 Å². The lowest BCUT2D eigenvalue weighted by Crippen LogP contribution is -2.40. The third-order valence-corrected chi connectivity index (χ3v) is 7.71. The molecule has 1 aliphatic carbocycles. The second kappa shape index (κ2) is 17.1. The molecular formula is C31H46O9. The van der Waals surface area contributed by atoms with E-state index in [-0.39, 0.29) is 49.8 Å². The van der Waals surface area contributed by atoms with E-state index >= 15 is 0 Å². The molecule has 224 valence electrons. The SMILES string of the molecule is O=C(O)CCC=CCCC1C(O)CC(OC2CCCCO2)C1OCC(COc1ccccc1)OC1CCCCO1. The average molecular weight is 563 g/mol. The zero-order chi connectivity index (χ0) is 28.0. The molecule has 0 aromatic heterocycles. The molecule has 3 aliphatic rings. The third-order valence-electron chi connectivity index (χ3n) is 7.71. The van der Waals surface area contributed by atoms with Crippen molar-refractivity contribution in [2.75, 3.05) is 26.4 Å². The van der Waals surface area contributed by atoms with E-state index in [2.05, 4.69) is 0 Å². The smallest absolute Gasteiger partial charge is 0.303 e. The van der Waals surface area contributed by atoms with Crippen molar-refractivity contribution in [3.63, 3.8) is 0 Å². The van der Waals surface area contributed by atoms with Crippen molar-refractivity contribution in [2.24, 2.45) is 5.92 Å². The molecule has 3 fully saturated rings. The molecule has 2 aliphatic heterocycles. The van der Waals surface area contributed by atoms with E-state index in [0.717, 1.165) is 50.7 Å². The summed E-state index contributed by atoms with van der Waals surface area (Å²) < 4.78 is 36.9. The highest BCUT2D eigenvalue weighted by Gasteiger charge is 2.45. The van der Waals surface area contributed by atoms with E-state index in [0.29, 0.717) is 39.1 Å². The van der Waals surface area contributed by atoms with Crippen LogP contribution < -0.4 is 4.74 Å². The minimum Gasteiger partial charge on any atom is -0.491 e. The van der Waals surface area contributed by atoms with Gasteiger partial charge in [0.05, 0.1) is 24.9 Å². The second-order valence-electron chi connectivity index (χ2n) is 10.9. The van der Waals surface area contributed by atoms with Gasteiger partial charge < -0.3 is 38.6 Å². The molecule has 2 saturated heterocycles. The van der Waals surface area contributed by atoms with Gasteiger partial charge in [0.2, 0.25) is 0 Å². The summed E-state index contributed by atoms with van der Waals surface area (Å²) in [5.74, 6) is -0.166. The lowest BCUT2D eigenvalue weighted by molar-refractivity contribution is -0.226. The van der Waals surface area contributed by atoms with E-state index in [9.17, 15) is 9.90 Å². The number of carboxylic acid groups (broad SMARTS) is 1. The summed E-state index contributed by atoms with van der Waals surface area (Å²) in [5.41, 5.74) is 0. The number of benzene rings is 1. The van der Waals surface area contributed by atoms with Crippen molar-refractivity contribution in [3.05, 3.63) is 42.5 Å². The highest BCUT2D eigenvalue weighted by atomic mass is 16.7. The Hall–Kier alpha value is -2.01. The highest BCUT2D eigenvalue weighted by molar-refractivity contribution is 5.66. The first-order chi connectivity index (χ1) is 19.6. The minimum absolute atomic E-state index is 0.114. The van der Waals surface area contributed by atoms with E-state index in [1.165, 1.54) is 0 Å². The van der Waals surface area contributed by atoms with E-state index in [4.69, 9.17) is 33.5 Å². The number of aliphatic hydroxyl groups excluding tert-OH is 1.